The fourth-order valence-electron chi connectivity index (χ4n) is 1.57. The zero-order chi connectivity index (χ0) is 11.2. The molecule has 0 saturated heterocycles. The third-order valence-electron chi connectivity index (χ3n) is 2.42. The predicted molar refractivity (Wildman–Crippen MR) is 52.1 cm³/mol. The third-order valence-corrected chi connectivity index (χ3v) is 2.42. The van der Waals surface area contributed by atoms with E-state index in [1.807, 2.05) is 0 Å². The van der Waals surface area contributed by atoms with E-state index in [9.17, 15) is 9.59 Å². The number of fused-ring (bicyclic) bond motifs is 1. The summed E-state index contributed by atoms with van der Waals surface area (Å²) in [5.74, 6) is -0.955. The third kappa shape index (κ3) is 1.24. The summed E-state index contributed by atoms with van der Waals surface area (Å²) in [6.07, 6.45) is 0. The van der Waals surface area contributed by atoms with E-state index in [4.69, 9.17) is 11.5 Å². The van der Waals surface area contributed by atoms with E-state index >= 15 is 0 Å². The molecule has 4 N–H and O–H groups in total. The average Bonchev–Trinajstić information content (AvgIpc) is 2.50. The van der Waals surface area contributed by atoms with E-state index < -0.39 is 5.91 Å². The van der Waals surface area contributed by atoms with Gasteiger partial charge < -0.3 is 16.4 Å². The van der Waals surface area contributed by atoms with Crippen molar-refractivity contribution in [3.05, 3.63) is 11.4 Å². The van der Waals surface area contributed by atoms with Crippen molar-refractivity contribution in [1.82, 2.24) is 14.7 Å². The molecule has 1 aromatic heterocycles. The maximum Gasteiger partial charge on any atom is 0.274 e. The number of nitrogen functional groups attached to an aromatic ring is 1. The summed E-state index contributed by atoms with van der Waals surface area (Å²) in [5, 5.41) is 3.90. The standard InChI is InChI=1S/C8H11N5O2/c1-12-2-3-13-6(8(12)15)4(9)5(11-13)7(10)14/h2-3,9H2,1H3,(H2,10,14). The molecular formula is C8H11N5O2. The number of rotatable bonds is 1. The molecule has 0 saturated carbocycles. The molecule has 0 radical (unpaired) electrons. The Balaban J connectivity index is 2.59. The van der Waals surface area contributed by atoms with Gasteiger partial charge in [0.15, 0.2) is 5.69 Å². The highest BCUT2D eigenvalue weighted by Gasteiger charge is 2.29. The summed E-state index contributed by atoms with van der Waals surface area (Å²) < 4.78 is 1.43. The molecule has 15 heavy (non-hydrogen) atoms. The SMILES string of the molecule is CN1CCn2nc(C(N)=O)c(N)c2C1=O. The zero-order valence-electron chi connectivity index (χ0n) is 8.23. The van der Waals surface area contributed by atoms with E-state index in [1.165, 1.54) is 9.58 Å². The van der Waals surface area contributed by atoms with Crippen molar-refractivity contribution >= 4 is 17.5 Å². The van der Waals surface area contributed by atoms with E-state index in [0.29, 0.717) is 13.1 Å². The maximum absolute atomic E-state index is 11.7. The molecule has 2 heterocycles. The number of primary amides is 1. The van der Waals surface area contributed by atoms with Crippen molar-refractivity contribution in [1.29, 1.82) is 0 Å². The van der Waals surface area contributed by atoms with Crippen molar-refractivity contribution in [2.24, 2.45) is 5.73 Å². The molecule has 0 aliphatic carbocycles. The molecule has 0 bridgehead atoms. The molecular weight excluding hydrogens is 198 g/mol. The number of nitrogens with zero attached hydrogens (tertiary/aromatic N) is 3. The van der Waals surface area contributed by atoms with Crippen LogP contribution in [0.4, 0.5) is 5.69 Å². The molecule has 0 unspecified atom stereocenters. The number of carbonyl (C=O) groups excluding carboxylic acids is 2. The van der Waals surface area contributed by atoms with Gasteiger partial charge in [-0.25, -0.2) is 0 Å². The summed E-state index contributed by atoms with van der Waals surface area (Å²) >= 11 is 0. The van der Waals surface area contributed by atoms with Crippen molar-refractivity contribution < 1.29 is 9.59 Å². The molecule has 0 spiro atoms. The van der Waals surface area contributed by atoms with E-state index in [2.05, 4.69) is 5.10 Å². The lowest BCUT2D eigenvalue weighted by Crippen LogP contribution is -2.37. The van der Waals surface area contributed by atoms with Crippen LogP contribution in [0.15, 0.2) is 0 Å². The van der Waals surface area contributed by atoms with E-state index in [1.54, 1.807) is 7.05 Å². The number of hydrogen-bond donors (Lipinski definition) is 2. The minimum atomic E-state index is -0.718. The van der Waals surface area contributed by atoms with E-state index in [-0.39, 0.29) is 23.0 Å². The molecule has 7 heteroatoms. The molecule has 2 amide bonds. The molecule has 0 fully saturated rings. The van der Waals surface area contributed by atoms with Crippen molar-refractivity contribution in [2.45, 2.75) is 6.54 Å². The quantitative estimate of drug-likeness (QED) is 0.596. The normalized spacial score (nSPS) is 15.3. The van der Waals surface area contributed by atoms with Gasteiger partial charge in [0.1, 0.15) is 5.69 Å². The van der Waals surface area contributed by atoms with E-state index in [0.717, 1.165) is 0 Å². The average molecular weight is 209 g/mol. The highest BCUT2D eigenvalue weighted by atomic mass is 16.2. The Morgan fingerprint density at radius 3 is 2.73 bits per heavy atom. The number of nitrogens with two attached hydrogens (primary N) is 2. The zero-order valence-corrected chi connectivity index (χ0v) is 8.23. The Morgan fingerprint density at radius 2 is 2.13 bits per heavy atom. The highest BCUT2D eigenvalue weighted by molar-refractivity contribution is 6.05. The summed E-state index contributed by atoms with van der Waals surface area (Å²) in [6.45, 7) is 1.07. The molecule has 80 valence electrons. The minimum Gasteiger partial charge on any atom is -0.395 e. The lowest BCUT2D eigenvalue weighted by molar-refractivity contribution is 0.0743. The fourth-order valence-corrected chi connectivity index (χ4v) is 1.57. The lowest BCUT2D eigenvalue weighted by atomic mass is 10.2. The van der Waals surface area contributed by atoms with Gasteiger partial charge in [0.25, 0.3) is 11.8 Å². The van der Waals surface area contributed by atoms with Crippen molar-refractivity contribution in [3.63, 3.8) is 0 Å². The Morgan fingerprint density at radius 1 is 1.47 bits per heavy atom. The van der Waals surface area contributed by atoms with Crippen LogP contribution in [0.3, 0.4) is 0 Å². The second-order valence-corrected chi connectivity index (χ2v) is 3.42. The smallest absolute Gasteiger partial charge is 0.274 e. The predicted octanol–water partition coefficient (Wildman–Crippen LogP) is -1.35. The number of aromatic nitrogens is 2. The summed E-state index contributed by atoms with van der Waals surface area (Å²) in [5.41, 5.74) is 11.0. The monoisotopic (exact) mass is 209 g/mol. The second kappa shape index (κ2) is 2.97. The molecule has 1 aromatic rings. The van der Waals surface area contributed by atoms with Crippen LogP contribution in [0.25, 0.3) is 0 Å². The Labute approximate surface area is 85.6 Å². The second-order valence-electron chi connectivity index (χ2n) is 3.42. The Kier molecular flexibility index (Phi) is 1.88. The topological polar surface area (TPSA) is 107 Å². The van der Waals surface area contributed by atoms with Crippen LogP contribution in [-0.4, -0.2) is 40.1 Å². The van der Waals surface area contributed by atoms with Gasteiger partial charge in [0.2, 0.25) is 0 Å². The van der Waals surface area contributed by atoms with Crippen LogP contribution in [-0.2, 0) is 6.54 Å². The van der Waals surface area contributed by atoms with Crippen molar-refractivity contribution in [3.8, 4) is 0 Å². The van der Waals surface area contributed by atoms with Gasteiger partial charge in [-0.1, -0.05) is 0 Å². The largest absolute Gasteiger partial charge is 0.395 e. The van der Waals surface area contributed by atoms with Gasteiger partial charge in [0.05, 0.1) is 12.2 Å². The molecule has 0 aromatic carbocycles. The van der Waals surface area contributed by atoms with Gasteiger partial charge in [-0.05, 0) is 0 Å². The fraction of sp³-hybridized carbons (Fsp3) is 0.375. The summed E-state index contributed by atoms with van der Waals surface area (Å²) in [4.78, 5) is 24.2. The first-order valence-electron chi connectivity index (χ1n) is 4.44. The molecule has 1 aliphatic rings. The lowest BCUT2D eigenvalue weighted by Gasteiger charge is -2.23. The van der Waals surface area contributed by atoms with Crippen LogP contribution >= 0.6 is 0 Å². The van der Waals surface area contributed by atoms with Gasteiger partial charge in [-0.3, -0.25) is 14.3 Å². The number of hydrogen-bond acceptors (Lipinski definition) is 4. The minimum absolute atomic E-state index is 0.0337. The molecule has 0 atom stereocenters. The van der Waals surface area contributed by atoms with Gasteiger partial charge in [-0.2, -0.15) is 5.10 Å². The summed E-state index contributed by atoms with van der Waals surface area (Å²) in [6, 6.07) is 0. The van der Waals surface area contributed by atoms with Crippen LogP contribution in [0.2, 0.25) is 0 Å². The van der Waals surface area contributed by atoms with Gasteiger partial charge >= 0.3 is 0 Å². The van der Waals surface area contributed by atoms with Crippen molar-refractivity contribution in [2.75, 3.05) is 19.3 Å². The van der Waals surface area contributed by atoms with Crippen LogP contribution in [0, 0.1) is 0 Å². The molecule has 2 rings (SSSR count). The number of likely N-dealkylation sites (N-methyl/N-ethyl adjacent to an activating group) is 1. The Hall–Kier alpha value is -2.05. The molecule has 1 aliphatic heterocycles. The first-order chi connectivity index (χ1) is 7.02. The Bertz CT molecular complexity index is 450. The molecule has 7 nitrogen and oxygen atoms in total. The highest BCUT2D eigenvalue weighted by Crippen LogP contribution is 2.21. The number of anilines is 1. The van der Waals surface area contributed by atoms with Crippen LogP contribution in [0.1, 0.15) is 21.0 Å². The van der Waals surface area contributed by atoms with Crippen LogP contribution < -0.4 is 11.5 Å². The van der Waals surface area contributed by atoms with Gasteiger partial charge in [-0.15, -0.1) is 0 Å². The first kappa shape index (κ1) is 9.50. The first-order valence-corrected chi connectivity index (χ1v) is 4.44. The van der Waals surface area contributed by atoms with Gasteiger partial charge in [0, 0.05) is 13.6 Å². The maximum atomic E-state index is 11.7. The number of amides is 2. The number of carbonyl (C=O) groups is 2. The van der Waals surface area contributed by atoms with Crippen LogP contribution in [0.5, 0.6) is 0 Å². The summed E-state index contributed by atoms with van der Waals surface area (Å²) in [7, 11) is 1.67.